The molecule has 0 amide bonds. The van der Waals surface area contributed by atoms with E-state index < -0.39 is 0 Å². The maximum Gasteiger partial charge on any atom is 0.0948 e. The first kappa shape index (κ1) is 12.2. The van der Waals surface area contributed by atoms with Crippen molar-refractivity contribution in [3.63, 3.8) is 0 Å². The third kappa shape index (κ3) is 4.98. The van der Waals surface area contributed by atoms with Crippen molar-refractivity contribution in [1.29, 1.82) is 0 Å². The highest BCUT2D eigenvalue weighted by Gasteiger charge is 2.08. The van der Waals surface area contributed by atoms with Crippen molar-refractivity contribution in [3.8, 4) is 0 Å². The molecule has 0 saturated heterocycles. The van der Waals surface area contributed by atoms with E-state index in [-0.39, 0.29) is 5.54 Å². The van der Waals surface area contributed by atoms with E-state index in [1.165, 1.54) is 12.8 Å². The summed E-state index contributed by atoms with van der Waals surface area (Å²) >= 11 is 0. The van der Waals surface area contributed by atoms with Gasteiger partial charge in [0.1, 0.15) is 0 Å². The van der Waals surface area contributed by atoms with E-state index in [9.17, 15) is 0 Å². The summed E-state index contributed by atoms with van der Waals surface area (Å²) in [5, 5.41) is 3.50. The van der Waals surface area contributed by atoms with Crippen molar-refractivity contribution in [2.24, 2.45) is 0 Å². The lowest BCUT2D eigenvalue weighted by molar-refractivity contribution is 0.400. The number of nitrogens with zero attached hydrogens (tertiary/aromatic N) is 2. The third-order valence-corrected chi connectivity index (χ3v) is 2.49. The minimum Gasteiger partial charge on any atom is -0.335 e. The Balaban J connectivity index is 2.16. The molecular weight excluding hydrogens is 186 g/mol. The van der Waals surface area contributed by atoms with Crippen LogP contribution in [0.25, 0.3) is 0 Å². The van der Waals surface area contributed by atoms with E-state index in [2.05, 4.69) is 42.6 Å². The van der Waals surface area contributed by atoms with E-state index in [0.29, 0.717) is 6.04 Å². The molecule has 86 valence electrons. The molecule has 0 saturated carbocycles. The van der Waals surface area contributed by atoms with E-state index in [1.807, 2.05) is 18.7 Å². The average Bonchev–Trinajstić information content (AvgIpc) is 2.63. The lowest BCUT2D eigenvalue weighted by Gasteiger charge is -2.21. The lowest BCUT2D eigenvalue weighted by Crippen LogP contribution is -2.36. The van der Waals surface area contributed by atoms with Gasteiger partial charge in [-0.1, -0.05) is 0 Å². The summed E-state index contributed by atoms with van der Waals surface area (Å²) in [6.45, 7) is 9.92. The molecule has 0 aromatic carbocycles. The fraction of sp³-hybridized carbons (Fsp3) is 0.750. The van der Waals surface area contributed by atoms with Crippen LogP contribution in [0.1, 0.15) is 46.6 Å². The Morgan fingerprint density at radius 2 is 2.13 bits per heavy atom. The van der Waals surface area contributed by atoms with Crippen molar-refractivity contribution in [3.05, 3.63) is 18.7 Å². The Labute approximate surface area is 92.9 Å². The van der Waals surface area contributed by atoms with Gasteiger partial charge in [-0.05, 0) is 47.1 Å². The summed E-state index contributed by atoms with van der Waals surface area (Å²) in [4.78, 5) is 4.06. The number of aromatic nitrogens is 2. The predicted molar refractivity (Wildman–Crippen MR) is 63.9 cm³/mol. The van der Waals surface area contributed by atoms with Crippen LogP contribution in [-0.4, -0.2) is 21.6 Å². The Hall–Kier alpha value is -0.830. The van der Waals surface area contributed by atoms with Gasteiger partial charge in [0.25, 0.3) is 0 Å². The Morgan fingerprint density at radius 3 is 2.67 bits per heavy atom. The zero-order valence-electron chi connectivity index (χ0n) is 10.3. The van der Waals surface area contributed by atoms with Crippen LogP contribution < -0.4 is 5.32 Å². The van der Waals surface area contributed by atoms with Crippen LogP contribution in [0.5, 0.6) is 0 Å². The summed E-state index contributed by atoms with van der Waals surface area (Å²) in [7, 11) is 0. The molecule has 1 atom stereocenters. The summed E-state index contributed by atoms with van der Waals surface area (Å²) in [6.07, 6.45) is 8.16. The van der Waals surface area contributed by atoms with Crippen molar-refractivity contribution in [2.45, 2.75) is 52.1 Å². The minimum absolute atomic E-state index is 0.234. The van der Waals surface area contributed by atoms with Gasteiger partial charge in [-0.2, -0.15) is 0 Å². The van der Waals surface area contributed by atoms with Gasteiger partial charge in [0.15, 0.2) is 0 Å². The third-order valence-electron chi connectivity index (χ3n) is 2.49. The van der Waals surface area contributed by atoms with E-state index in [4.69, 9.17) is 0 Å². The monoisotopic (exact) mass is 209 g/mol. The molecule has 0 spiro atoms. The maximum atomic E-state index is 4.06. The van der Waals surface area contributed by atoms with Gasteiger partial charge in [-0.25, -0.2) is 4.98 Å². The van der Waals surface area contributed by atoms with Crippen LogP contribution >= 0.6 is 0 Å². The fourth-order valence-electron chi connectivity index (χ4n) is 1.54. The molecular formula is C12H23N3. The van der Waals surface area contributed by atoms with Gasteiger partial charge in [-0.3, -0.25) is 0 Å². The van der Waals surface area contributed by atoms with Crippen LogP contribution in [0, 0.1) is 0 Å². The summed E-state index contributed by atoms with van der Waals surface area (Å²) in [5.41, 5.74) is 0.234. The van der Waals surface area contributed by atoms with Crippen LogP contribution in [0.4, 0.5) is 0 Å². The quantitative estimate of drug-likeness (QED) is 0.755. The Bertz CT molecular complexity index is 259. The number of imidazole rings is 1. The van der Waals surface area contributed by atoms with Crippen LogP contribution in [0.2, 0.25) is 0 Å². The van der Waals surface area contributed by atoms with Crippen molar-refractivity contribution >= 4 is 0 Å². The average molecular weight is 209 g/mol. The molecule has 1 aromatic heterocycles. The second-order valence-electron chi connectivity index (χ2n) is 5.18. The molecule has 3 nitrogen and oxygen atoms in total. The van der Waals surface area contributed by atoms with Gasteiger partial charge in [0.2, 0.25) is 0 Å². The van der Waals surface area contributed by atoms with Gasteiger partial charge in [0.05, 0.1) is 6.33 Å². The maximum absolute atomic E-state index is 4.06. The molecule has 0 fully saturated rings. The van der Waals surface area contributed by atoms with Crippen LogP contribution in [0.15, 0.2) is 18.7 Å². The van der Waals surface area contributed by atoms with Gasteiger partial charge in [0, 0.05) is 24.0 Å². The smallest absolute Gasteiger partial charge is 0.0948 e. The van der Waals surface area contributed by atoms with Crippen molar-refractivity contribution in [1.82, 2.24) is 14.9 Å². The van der Waals surface area contributed by atoms with E-state index in [0.717, 1.165) is 6.54 Å². The number of nitrogens with one attached hydrogen (secondary N) is 1. The minimum atomic E-state index is 0.234. The van der Waals surface area contributed by atoms with E-state index in [1.54, 1.807) is 0 Å². The zero-order chi connectivity index (χ0) is 11.3. The molecule has 1 N–H and O–H groups in total. The first-order valence-electron chi connectivity index (χ1n) is 5.71. The standard InChI is InChI=1S/C12H23N3/c1-11(15-9-8-13-10-15)6-5-7-14-12(2,3)4/h8-11,14H,5-7H2,1-4H3. The molecule has 1 unspecified atom stereocenters. The second kappa shape index (κ2) is 5.31. The molecule has 1 rings (SSSR count). The molecule has 1 aromatic rings. The number of hydrogen-bond acceptors (Lipinski definition) is 2. The summed E-state index contributed by atoms with van der Waals surface area (Å²) in [6, 6.07) is 0.550. The lowest BCUT2D eigenvalue weighted by atomic mass is 10.1. The highest BCUT2D eigenvalue weighted by Crippen LogP contribution is 2.11. The van der Waals surface area contributed by atoms with Crippen molar-refractivity contribution in [2.75, 3.05) is 6.54 Å². The SMILES string of the molecule is CC(CCCNC(C)(C)C)n1ccnc1. The van der Waals surface area contributed by atoms with Gasteiger partial charge in [-0.15, -0.1) is 0 Å². The van der Waals surface area contributed by atoms with E-state index >= 15 is 0 Å². The molecule has 0 aliphatic carbocycles. The second-order valence-corrected chi connectivity index (χ2v) is 5.18. The highest BCUT2D eigenvalue weighted by atomic mass is 15.0. The first-order chi connectivity index (χ1) is 6.99. The highest BCUT2D eigenvalue weighted by molar-refractivity contribution is 4.79. The molecule has 0 radical (unpaired) electrons. The van der Waals surface area contributed by atoms with Crippen molar-refractivity contribution < 1.29 is 0 Å². The van der Waals surface area contributed by atoms with Crippen LogP contribution in [0.3, 0.4) is 0 Å². The largest absolute Gasteiger partial charge is 0.335 e. The summed E-state index contributed by atoms with van der Waals surface area (Å²) in [5.74, 6) is 0. The number of hydrogen-bond donors (Lipinski definition) is 1. The first-order valence-corrected chi connectivity index (χ1v) is 5.71. The zero-order valence-corrected chi connectivity index (χ0v) is 10.3. The molecule has 1 heterocycles. The molecule has 0 aliphatic rings. The van der Waals surface area contributed by atoms with Gasteiger partial charge >= 0.3 is 0 Å². The predicted octanol–water partition coefficient (Wildman–Crippen LogP) is 2.61. The normalized spacial score (nSPS) is 14.1. The van der Waals surface area contributed by atoms with Crippen LogP contribution in [-0.2, 0) is 0 Å². The molecule has 3 heteroatoms. The fourth-order valence-corrected chi connectivity index (χ4v) is 1.54. The number of rotatable bonds is 5. The summed E-state index contributed by atoms with van der Waals surface area (Å²) < 4.78 is 2.16. The molecule has 15 heavy (non-hydrogen) atoms. The molecule has 0 aliphatic heterocycles. The Kier molecular flexibility index (Phi) is 4.33. The molecule has 0 bridgehead atoms. The van der Waals surface area contributed by atoms with Gasteiger partial charge < -0.3 is 9.88 Å². The Morgan fingerprint density at radius 1 is 1.40 bits per heavy atom. The topological polar surface area (TPSA) is 29.9 Å².